The minimum Gasteiger partial charge on any atom is -0.395 e. The molecule has 1 saturated carbocycles. The van der Waals surface area contributed by atoms with E-state index in [1.807, 2.05) is 13.0 Å². The van der Waals surface area contributed by atoms with E-state index in [9.17, 15) is 13.6 Å². The zero-order valence-electron chi connectivity index (χ0n) is 16.4. The molecule has 3 heterocycles. The number of hydrogen-bond donors (Lipinski definition) is 2. The Kier molecular flexibility index (Phi) is 4.07. The summed E-state index contributed by atoms with van der Waals surface area (Å²) in [6.07, 6.45) is 0.409. The average molecular weight is 425 g/mol. The van der Waals surface area contributed by atoms with Crippen molar-refractivity contribution in [3.05, 3.63) is 53.9 Å². The van der Waals surface area contributed by atoms with Gasteiger partial charge < -0.3 is 20.5 Å². The predicted octanol–water partition coefficient (Wildman–Crippen LogP) is 3.42. The molecule has 31 heavy (non-hydrogen) atoms. The molecule has 1 amide bonds. The molecule has 8 nitrogen and oxygen atoms in total. The van der Waals surface area contributed by atoms with Gasteiger partial charge in [-0.05, 0) is 49.1 Å². The number of carbonyl (C=O) groups is 1. The van der Waals surface area contributed by atoms with Crippen molar-refractivity contribution in [2.45, 2.75) is 31.5 Å². The lowest BCUT2D eigenvalue weighted by Crippen LogP contribution is -2.28. The fourth-order valence-corrected chi connectivity index (χ4v) is 3.57. The maximum Gasteiger partial charge on any atom is 0.586 e. The Hall–Kier alpha value is -3.82. The van der Waals surface area contributed by atoms with Crippen molar-refractivity contribution in [1.82, 2.24) is 15.0 Å². The Balaban J connectivity index is 1.40. The maximum absolute atomic E-state index is 13.3. The lowest BCUT2D eigenvalue weighted by Gasteiger charge is -2.16. The first-order valence-corrected chi connectivity index (χ1v) is 9.53. The minimum atomic E-state index is -3.70. The topological polar surface area (TPSA) is 112 Å². The summed E-state index contributed by atoms with van der Waals surface area (Å²) < 4.78 is 35.6. The first-order valence-electron chi connectivity index (χ1n) is 9.53. The number of rotatable bonds is 4. The van der Waals surface area contributed by atoms with Crippen LogP contribution >= 0.6 is 0 Å². The second-order valence-electron chi connectivity index (χ2n) is 7.55. The van der Waals surface area contributed by atoms with Crippen LogP contribution in [0, 0.1) is 6.92 Å². The van der Waals surface area contributed by atoms with Gasteiger partial charge in [0.15, 0.2) is 11.5 Å². The molecule has 10 heteroatoms. The SMILES string of the molecule is Cc1ccc(NC(=O)C2(c3ccc4c(c3)OC(F)(F)O4)CC2)nc1-c1cnc(N)cn1. The summed E-state index contributed by atoms with van der Waals surface area (Å²) in [5.41, 5.74) is 7.30. The van der Waals surface area contributed by atoms with E-state index in [0.717, 1.165) is 5.56 Å². The first-order chi connectivity index (χ1) is 14.8. The molecule has 0 saturated heterocycles. The number of nitrogen functional groups attached to an aromatic ring is 1. The summed E-state index contributed by atoms with van der Waals surface area (Å²) in [6, 6.07) is 7.94. The summed E-state index contributed by atoms with van der Waals surface area (Å²) >= 11 is 0. The van der Waals surface area contributed by atoms with Crippen molar-refractivity contribution in [3.8, 4) is 22.9 Å². The molecule has 0 atom stereocenters. The highest BCUT2D eigenvalue weighted by Crippen LogP contribution is 2.52. The van der Waals surface area contributed by atoms with Crippen molar-refractivity contribution >= 4 is 17.5 Å². The van der Waals surface area contributed by atoms with Gasteiger partial charge in [-0.3, -0.25) is 4.79 Å². The van der Waals surface area contributed by atoms with Crippen LogP contribution in [0.1, 0.15) is 24.0 Å². The molecule has 0 unspecified atom stereocenters. The highest BCUT2D eigenvalue weighted by atomic mass is 19.3. The molecule has 0 radical (unpaired) electrons. The molecule has 1 aliphatic heterocycles. The summed E-state index contributed by atoms with van der Waals surface area (Å²) in [6.45, 7) is 1.87. The second kappa shape index (κ2) is 6.59. The maximum atomic E-state index is 13.3. The third-order valence-electron chi connectivity index (χ3n) is 5.39. The number of halogens is 2. The Labute approximate surface area is 175 Å². The molecule has 0 bridgehead atoms. The van der Waals surface area contributed by atoms with E-state index in [-0.39, 0.29) is 17.4 Å². The minimum absolute atomic E-state index is 0.0561. The number of benzene rings is 1. The van der Waals surface area contributed by atoms with Gasteiger partial charge in [-0.1, -0.05) is 12.1 Å². The van der Waals surface area contributed by atoms with E-state index in [1.165, 1.54) is 24.5 Å². The highest BCUT2D eigenvalue weighted by molar-refractivity contribution is 6.01. The van der Waals surface area contributed by atoms with Gasteiger partial charge in [0, 0.05) is 0 Å². The van der Waals surface area contributed by atoms with Gasteiger partial charge in [0.25, 0.3) is 0 Å². The number of nitrogens with two attached hydrogens (primary N) is 1. The molecule has 3 aromatic rings. The van der Waals surface area contributed by atoms with Gasteiger partial charge in [0.2, 0.25) is 5.91 Å². The van der Waals surface area contributed by atoms with Gasteiger partial charge in [-0.25, -0.2) is 15.0 Å². The molecule has 158 valence electrons. The Morgan fingerprint density at radius 1 is 1.10 bits per heavy atom. The molecule has 1 aliphatic carbocycles. The molecule has 1 aromatic carbocycles. The number of nitrogens with zero attached hydrogens (tertiary/aromatic N) is 3. The number of hydrogen-bond acceptors (Lipinski definition) is 7. The van der Waals surface area contributed by atoms with Gasteiger partial charge in [0.1, 0.15) is 17.3 Å². The van der Waals surface area contributed by atoms with E-state index < -0.39 is 11.7 Å². The molecular weight excluding hydrogens is 408 g/mol. The summed E-state index contributed by atoms with van der Waals surface area (Å²) in [5.74, 6) is 0.230. The first kappa shape index (κ1) is 19.2. The number of nitrogens with one attached hydrogen (secondary N) is 1. The van der Waals surface area contributed by atoms with Crippen LogP contribution in [0.15, 0.2) is 42.7 Å². The van der Waals surface area contributed by atoms with Crippen molar-refractivity contribution in [1.29, 1.82) is 0 Å². The fourth-order valence-electron chi connectivity index (χ4n) is 3.57. The molecule has 0 spiro atoms. The number of fused-ring (bicyclic) bond motifs is 1. The van der Waals surface area contributed by atoms with Crippen LogP contribution < -0.4 is 20.5 Å². The van der Waals surface area contributed by atoms with E-state index >= 15 is 0 Å². The van der Waals surface area contributed by atoms with Crippen LogP contribution in [0.4, 0.5) is 20.4 Å². The van der Waals surface area contributed by atoms with E-state index in [0.29, 0.717) is 41.4 Å². The molecule has 2 aliphatic rings. The summed E-state index contributed by atoms with van der Waals surface area (Å²) in [4.78, 5) is 25.9. The van der Waals surface area contributed by atoms with Crippen molar-refractivity contribution < 1.29 is 23.0 Å². The Bertz CT molecular complexity index is 1200. The number of pyridine rings is 1. The quantitative estimate of drug-likeness (QED) is 0.659. The predicted molar refractivity (Wildman–Crippen MR) is 107 cm³/mol. The van der Waals surface area contributed by atoms with Crippen LogP contribution in [0.5, 0.6) is 11.5 Å². The third-order valence-corrected chi connectivity index (χ3v) is 5.39. The van der Waals surface area contributed by atoms with Crippen LogP contribution in [0.3, 0.4) is 0 Å². The van der Waals surface area contributed by atoms with Gasteiger partial charge >= 0.3 is 6.29 Å². The zero-order valence-corrected chi connectivity index (χ0v) is 16.4. The molecule has 2 aromatic heterocycles. The molecule has 3 N–H and O–H groups in total. The van der Waals surface area contributed by atoms with Crippen LogP contribution in [-0.4, -0.2) is 27.2 Å². The highest BCUT2D eigenvalue weighted by Gasteiger charge is 2.53. The number of carbonyl (C=O) groups excluding carboxylic acids is 1. The van der Waals surface area contributed by atoms with Crippen molar-refractivity contribution in [2.24, 2.45) is 0 Å². The van der Waals surface area contributed by atoms with Gasteiger partial charge in [-0.2, -0.15) is 0 Å². The lowest BCUT2D eigenvalue weighted by atomic mass is 9.94. The molecular formula is C21H17F2N5O3. The summed E-state index contributed by atoms with van der Waals surface area (Å²) in [5, 5.41) is 2.83. The summed E-state index contributed by atoms with van der Waals surface area (Å²) in [7, 11) is 0. The number of aryl methyl sites for hydroxylation is 1. The Morgan fingerprint density at radius 2 is 1.87 bits per heavy atom. The third kappa shape index (κ3) is 3.39. The smallest absolute Gasteiger partial charge is 0.395 e. The normalized spacial score (nSPS) is 17.3. The average Bonchev–Trinajstić information content (AvgIpc) is 3.47. The molecule has 5 rings (SSSR count). The number of alkyl halides is 2. The van der Waals surface area contributed by atoms with Gasteiger partial charge in [0.05, 0.1) is 23.5 Å². The number of ether oxygens (including phenoxy) is 2. The second-order valence-corrected chi connectivity index (χ2v) is 7.55. The van der Waals surface area contributed by atoms with E-state index in [2.05, 4.69) is 29.7 Å². The largest absolute Gasteiger partial charge is 0.586 e. The van der Waals surface area contributed by atoms with Crippen molar-refractivity contribution in [3.63, 3.8) is 0 Å². The van der Waals surface area contributed by atoms with Crippen molar-refractivity contribution in [2.75, 3.05) is 11.1 Å². The fraction of sp³-hybridized carbons (Fsp3) is 0.238. The van der Waals surface area contributed by atoms with Crippen LogP contribution in [0.25, 0.3) is 11.4 Å². The number of anilines is 2. The molecule has 1 fully saturated rings. The lowest BCUT2D eigenvalue weighted by molar-refractivity contribution is -0.286. The van der Waals surface area contributed by atoms with Gasteiger partial charge in [-0.15, -0.1) is 8.78 Å². The van der Waals surface area contributed by atoms with E-state index in [1.54, 1.807) is 12.1 Å². The monoisotopic (exact) mass is 425 g/mol. The standard InChI is InChI=1S/C21H17F2N5O3/c1-11-2-5-17(27-18(11)13-9-26-16(24)10-25-13)28-19(29)20(6-7-20)12-3-4-14-15(8-12)31-21(22,23)30-14/h2-5,8-10H,6-7H2,1H3,(H2,24,26)(H,27,28,29). The van der Waals surface area contributed by atoms with Crippen LogP contribution in [0.2, 0.25) is 0 Å². The zero-order chi connectivity index (χ0) is 21.8. The number of aromatic nitrogens is 3. The Morgan fingerprint density at radius 3 is 2.58 bits per heavy atom. The van der Waals surface area contributed by atoms with E-state index in [4.69, 9.17) is 5.73 Å². The van der Waals surface area contributed by atoms with Crippen LogP contribution in [-0.2, 0) is 10.2 Å². The number of amides is 1.